The van der Waals surface area contributed by atoms with Gasteiger partial charge >= 0.3 is 12.1 Å². The Morgan fingerprint density at radius 3 is 2.11 bits per heavy atom. The Morgan fingerprint density at radius 1 is 0.800 bits per heavy atom. The summed E-state index contributed by atoms with van der Waals surface area (Å²) in [5.74, 6) is -0.977. The number of anilines is 1. The fourth-order valence-electron chi connectivity index (χ4n) is 5.63. The second kappa shape index (κ2) is 19.9. The number of carbonyl (C=O) groups excluding carboxylic acids is 3. The normalized spacial score (nSPS) is 11.0. The lowest BCUT2D eigenvalue weighted by Gasteiger charge is -2.23. The maximum Gasteiger partial charge on any atom is 0.416 e. The van der Waals surface area contributed by atoms with Crippen LogP contribution in [-0.4, -0.2) is 55.2 Å². The van der Waals surface area contributed by atoms with E-state index < -0.39 is 35.9 Å². The molecule has 0 saturated carbocycles. The van der Waals surface area contributed by atoms with Crippen molar-refractivity contribution in [1.82, 2.24) is 4.90 Å². The second-order valence-corrected chi connectivity index (χ2v) is 12.7. The summed E-state index contributed by atoms with van der Waals surface area (Å²) in [4.78, 5) is 40.5. The van der Waals surface area contributed by atoms with Gasteiger partial charge in [-0.05, 0) is 90.3 Å². The minimum absolute atomic E-state index is 0.00491. The summed E-state index contributed by atoms with van der Waals surface area (Å²) >= 11 is 0. The Kier molecular flexibility index (Phi) is 15.1. The zero-order chi connectivity index (χ0) is 40.0. The number of unbranched alkanes of at least 4 members (excludes halogenated alkanes) is 4. The number of methoxy groups -OCH3 is 2. The molecule has 4 aromatic carbocycles. The molecule has 0 aliphatic heterocycles. The molecule has 13 heteroatoms. The molecule has 0 fully saturated rings. The number of nitrogens with one attached hydrogen (secondary N) is 1. The average molecular weight is 763 g/mol. The zero-order valence-corrected chi connectivity index (χ0v) is 31.0. The van der Waals surface area contributed by atoms with E-state index in [-0.39, 0.29) is 52.9 Å². The molecule has 0 aromatic heterocycles. The van der Waals surface area contributed by atoms with Crippen LogP contribution in [0.25, 0.3) is 0 Å². The first-order valence-electron chi connectivity index (χ1n) is 17.7. The van der Waals surface area contributed by atoms with Crippen LogP contribution in [0, 0.1) is 0 Å². The molecule has 2 N–H and O–H groups in total. The van der Waals surface area contributed by atoms with Crippen LogP contribution in [0.4, 0.5) is 18.9 Å². The predicted octanol–water partition coefficient (Wildman–Crippen LogP) is 9.19. The summed E-state index contributed by atoms with van der Waals surface area (Å²) in [6.45, 7) is 6.08. The van der Waals surface area contributed by atoms with Crippen molar-refractivity contribution < 1.29 is 51.6 Å². The van der Waals surface area contributed by atoms with Gasteiger partial charge in [0.15, 0.2) is 11.5 Å². The first-order valence-corrected chi connectivity index (χ1v) is 17.7. The fraction of sp³-hybridized carbons (Fsp3) is 0.310. The third kappa shape index (κ3) is 12.5. The van der Waals surface area contributed by atoms with E-state index in [1.54, 1.807) is 42.5 Å². The SMILES string of the molecule is C=C(O)CN(Cc1ccc(OC(=O)c2ccc(OCCCCCCC)cc2)c(OC)c1)C(=O)c1ccc(NC(=O)Cc2ccc(OC)cc2C(F)(F)F)cc1. The van der Waals surface area contributed by atoms with Crippen LogP contribution >= 0.6 is 0 Å². The van der Waals surface area contributed by atoms with Crippen LogP contribution in [0.1, 0.15) is 76.4 Å². The Hall–Kier alpha value is -5.98. The van der Waals surface area contributed by atoms with Gasteiger partial charge in [-0.15, -0.1) is 0 Å². The van der Waals surface area contributed by atoms with Crippen LogP contribution in [0.3, 0.4) is 0 Å². The van der Waals surface area contributed by atoms with Gasteiger partial charge in [0.1, 0.15) is 17.3 Å². The molecule has 2 amide bonds. The number of benzene rings is 4. The van der Waals surface area contributed by atoms with Gasteiger partial charge in [-0.25, -0.2) is 4.79 Å². The molecule has 0 aliphatic rings. The molecule has 55 heavy (non-hydrogen) atoms. The van der Waals surface area contributed by atoms with Crippen LogP contribution in [0.15, 0.2) is 97.3 Å². The fourth-order valence-corrected chi connectivity index (χ4v) is 5.63. The van der Waals surface area contributed by atoms with Gasteiger partial charge in [-0.2, -0.15) is 13.2 Å². The highest BCUT2D eigenvalue weighted by molar-refractivity contribution is 5.96. The van der Waals surface area contributed by atoms with Gasteiger partial charge in [-0.1, -0.05) is 51.3 Å². The van der Waals surface area contributed by atoms with Crippen LogP contribution in [0.2, 0.25) is 0 Å². The molecule has 0 unspecified atom stereocenters. The summed E-state index contributed by atoms with van der Waals surface area (Å²) < 4.78 is 62.6. The molecular weight excluding hydrogens is 717 g/mol. The van der Waals surface area contributed by atoms with Crippen LogP contribution < -0.4 is 24.3 Å². The van der Waals surface area contributed by atoms with Crippen molar-refractivity contribution in [2.45, 2.75) is 58.2 Å². The van der Waals surface area contributed by atoms with E-state index in [1.165, 1.54) is 74.8 Å². The highest BCUT2D eigenvalue weighted by Crippen LogP contribution is 2.35. The second-order valence-electron chi connectivity index (χ2n) is 12.7. The number of ether oxygens (including phenoxy) is 4. The molecule has 292 valence electrons. The molecule has 4 aromatic rings. The topological polar surface area (TPSA) is 124 Å². The first kappa shape index (κ1) is 41.8. The number of carbonyl (C=O) groups is 3. The predicted molar refractivity (Wildman–Crippen MR) is 202 cm³/mol. The molecule has 4 rings (SSSR count). The van der Waals surface area contributed by atoms with Crippen LogP contribution in [0.5, 0.6) is 23.0 Å². The van der Waals surface area contributed by atoms with E-state index in [0.717, 1.165) is 18.9 Å². The van der Waals surface area contributed by atoms with Crippen molar-refractivity contribution in [3.8, 4) is 23.0 Å². The van der Waals surface area contributed by atoms with Crippen molar-refractivity contribution in [2.24, 2.45) is 0 Å². The standard InChI is InChI=1S/C42H45F3N2O8/c1-5-6-7-8-9-22-54-34-18-13-31(14-19-34)41(51)55-37-21-10-29(23-38(37)53-4)27-47(26-28(2)48)40(50)30-11-16-33(17-12-30)46-39(49)24-32-15-20-35(52-3)25-36(32)42(43,44)45/h10-21,23,25,48H,2,5-9,22,24,26-27H2,1,3-4H3,(H,46,49). The molecule has 10 nitrogen and oxygen atoms in total. The van der Waals surface area contributed by atoms with E-state index in [2.05, 4.69) is 18.8 Å². The average Bonchev–Trinajstić information content (AvgIpc) is 3.16. The molecule has 0 aliphatic carbocycles. The number of rotatable bonds is 19. The number of aliphatic hydroxyl groups is 1. The molecule has 0 spiro atoms. The monoisotopic (exact) mass is 762 g/mol. The van der Waals surface area contributed by atoms with Crippen molar-refractivity contribution in [3.05, 3.63) is 125 Å². The number of hydrogen-bond donors (Lipinski definition) is 2. The third-order valence-electron chi connectivity index (χ3n) is 8.46. The Bertz CT molecular complexity index is 1930. The molecule has 0 atom stereocenters. The minimum atomic E-state index is -4.69. The number of hydrogen-bond acceptors (Lipinski definition) is 8. The molecule has 0 saturated heterocycles. The van der Waals surface area contributed by atoms with Crippen molar-refractivity contribution in [1.29, 1.82) is 0 Å². The van der Waals surface area contributed by atoms with Gasteiger partial charge in [0.05, 0.1) is 44.9 Å². The zero-order valence-electron chi connectivity index (χ0n) is 31.0. The van der Waals surface area contributed by atoms with Crippen molar-refractivity contribution in [2.75, 3.05) is 32.7 Å². The van der Waals surface area contributed by atoms with E-state index >= 15 is 0 Å². The lowest BCUT2D eigenvalue weighted by molar-refractivity contribution is -0.138. The molecule has 0 bridgehead atoms. The number of nitrogens with zero attached hydrogens (tertiary/aromatic N) is 1. The Morgan fingerprint density at radius 2 is 1.47 bits per heavy atom. The molecular formula is C42H45F3N2O8. The first-order chi connectivity index (χ1) is 26.3. The largest absolute Gasteiger partial charge is 0.511 e. The van der Waals surface area contributed by atoms with Gasteiger partial charge < -0.3 is 34.3 Å². The number of alkyl halides is 3. The van der Waals surface area contributed by atoms with E-state index in [4.69, 9.17) is 18.9 Å². The lowest BCUT2D eigenvalue weighted by Crippen LogP contribution is -2.32. The van der Waals surface area contributed by atoms with Gasteiger partial charge in [0.25, 0.3) is 5.91 Å². The summed E-state index contributed by atoms with van der Waals surface area (Å²) in [7, 11) is 2.66. The quantitative estimate of drug-likeness (QED) is 0.0420. The van der Waals surface area contributed by atoms with Gasteiger partial charge in [-0.3, -0.25) is 9.59 Å². The number of esters is 1. The van der Waals surface area contributed by atoms with Crippen LogP contribution in [-0.2, 0) is 23.9 Å². The summed E-state index contributed by atoms with van der Waals surface area (Å²) in [6.07, 6.45) is 0.408. The van der Waals surface area contributed by atoms with Gasteiger partial charge in [0.2, 0.25) is 5.91 Å². The summed E-state index contributed by atoms with van der Waals surface area (Å²) in [6, 6.07) is 20.6. The maximum atomic E-state index is 13.6. The highest BCUT2D eigenvalue weighted by Gasteiger charge is 2.34. The minimum Gasteiger partial charge on any atom is -0.511 e. The Labute approximate surface area is 318 Å². The molecule has 0 heterocycles. The van der Waals surface area contributed by atoms with E-state index in [9.17, 15) is 32.7 Å². The highest BCUT2D eigenvalue weighted by atomic mass is 19.4. The van der Waals surface area contributed by atoms with E-state index in [0.29, 0.717) is 23.5 Å². The molecule has 0 radical (unpaired) electrons. The summed E-state index contributed by atoms with van der Waals surface area (Å²) in [5, 5.41) is 12.6. The number of halogens is 3. The number of amides is 2. The Balaban J connectivity index is 1.38. The number of aliphatic hydroxyl groups excluding tert-OH is 1. The van der Waals surface area contributed by atoms with Crippen molar-refractivity contribution in [3.63, 3.8) is 0 Å². The maximum absolute atomic E-state index is 13.6. The van der Waals surface area contributed by atoms with E-state index in [1.807, 2.05) is 0 Å². The van der Waals surface area contributed by atoms with Gasteiger partial charge in [0, 0.05) is 17.8 Å². The smallest absolute Gasteiger partial charge is 0.416 e. The third-order valence-corrected chi connectivity index (χ3v) is 8.46. The summed E-state index contributed by atoms with van der Waals surface area (Å²) in [5.41, 5.74) is 0.168. The lowest BCUT2D eigenvalue weighted by atomic mass is 10.0. The van der Waals surface area contributed by atoms with Crippen molar-refractivity contribution >= 4 is 23.5 Å².